The summed E-state index contributed by atoms with van der Waals surface area (Å²) in [6.07, 6.45) is -3.75. The van der Waals surface area contributed by atoms with Crippen LogP contribution < -0.4 is 5.73 Å². The van der Waals surface area contributed by atoms with Crippen molar-refractivity contribution < 1.29 is 47.6 Å². The van der Waals surface area contributed by atoms with E-state index in [4.69, 9.17) is 30.0 Å². The first kappa shape index (κ1) is 20.2. The van der Waals surface area contributed by atoms with Crippen LogP contribution in [0.3, 0.4) is 0 Å². The summed E-state index contributed by atoms with van der Waals surface area (Å²) >= 11 is 0. The molecule has 3 heterocycles. The lowest BCUT2D eigenvalue weighted by Gasteiger charge is -2.20. The monoisotopic (exact) mass is 427 g/mol. The first-order chi connectivity index (χ1) is 12.5. The highest BCUT2D eigenvalue weighted by Gasteiger charge is 2.49. The van der Waals surface area contributed by atoms with Gasteiger partial charge in [0.2, 0.25) is 0 Å². The largest absolute Gasteiger partial charge is 0.470 e. The fraction of sp³-hybridized carbons (Fsp3) is 0.500. The lowest BCUT2D eigenvalue weighted by Crippen LogP contribution is -2.35. The molecular weight excluding hydrogens is 412 g/mol. The summed E-state index contributed by atoms with van der Waals surface area (Å²) in [4.78, 5) is 47.4. The van der Waals surface area contributed by atoms with Gasteiger partial charge in [-0.05, 0) is 0 Å². The van der Waals surface area contributed by atoms with E-state index in [-0.39, 0.29) is 17.0 Å². The van der Waals surface area contributed by atoms with Crippen molar-refractivity contribution in [1.29, 1.82) is 0 Å². The molecule has 0 aliphatic carbocycles. The predicted octanol–water partition coefficient (Wildman–Crippen LogP) is -1.75. The van der Waals surface area contributed by atoms with Crippen molar-refractivity contribution in [2.24, 2.45) is 0 Å². The van der Waals surface area contributed by atoms with Gasteiger partial charge in [-0.15, -0.1) is 0 Å². The Hall–Kier alpha value is -1.51. The molecule has 27 heavy (non-hydrogen) atoms. The molecule has 0 bridgehead atoms. The maximum Gasteiger partial charge on any atom is 0.470 e. The minimum absolute atomic E-state index is 0.0515. The summed E-state index contributed by atoms with van der Waals surface area (Å²) in [6.45, 7) is -0.813. The quantitative estimate of drug-likeness (QED) is 0.281. The second kappa shape index (κ2) is 7.14. The number of phosphoric ester groups is 2. The van der Waals surface area contributed by atoms with E-state index < -0.39 is 46.8 Å². The van der Waals surface area contributed by atoms with Gasteiger partial charge in [-0.25, -0.2) is 24.1 Å². The number of hydrogen-bond acceptors (Lipinski definition) is 10. The molecule has 1 fully saturated rings. The second-order valence-electron chi connectivity index (χ2n) is 5.49. The molecule has 0 spiro atoms. The van der Waals surface area contributed by atoms with E-state index in [1.54, 1.807) is 0 Å². The zero-order chi connectivity index (χ0) is 20.0. The Balaban J connectivity index is 1.93. The Bertz CT molecular complexity index is 926. The molecule has 0 saturated carbocycles. The molecule has 17 heteroatoms. The summed E-state index contributed by atoms with van der Waals surface area (Å²) in [5, 5.41) is 10.4. The van der Waals surface area contributed by atoms with Crippen LogP contribution in [-0.4, -0.2) is 69.1 Å². The fourth-order valence-corrected chi connectivity index (χ4v) is 3.52. The third kappa shape index (κ3) is 4.50. The molecule has 0 amide bonds. The van der Waals surface area contributed by atoms with E-state index in [1.165, 1.54) is 10.9 Å². The Kier molecular flexibility index (Phi) is 5.35. The Morgan fingerprint density at radius 2 is 1.89 bits per heavy atom. The predicted molar refractivity (Wildman–Crippen MR) is 84.6 cm³/mol. The van der Waals surface area contributed by atoms with Gasteiger partial charge in [-0.2, -0.15) is 0 Å². The van der Waals surface area contributed by atoms with Crippen LogP contribution in [-0.2, 0) is 22.9 Å². The SMILES string of the molecule is Nc1ncnc2c1ncn2[C@@H]1OC(COP(=O)(O)O)[C@@H](OP(=O)(O)O)[C@H]1O. The number of nitrogens with zero attached hydrogens (tertiary/aromatic N) is 4. The van der Waals surface area contributed by atoms with Crippen molar-refractivity contribution in [3.8, 4) is 0 Å². The molecule has 150 valence electrons. The average Bonchev–Trinajstić information content (AvgIpc) is 3.07. The third-order valence-corrected chi connectivity index (χ3v) is 4.64. The summed E-state index contributed by atoms with van der Waals surface area (Å²) in [5.41, 5.74) is 6.01. The molecule has 3 rings (SSSR count). The molecule has 4 atom stereocenters. The topological polar surface area (TPSA) is 233 Å². The van der Waals surface area contributed by atoms with E-state index in [0.29, 0.717) is 0 Å². The van der Waals surface area contributed by atoms with E-state index in [1.807, 2.05) is 0 Å². The van der Waals surface area contributed by atoms with E-state index in [0.717, 1.165) is 6.33 Å². The third-order valence-electron chi connectivity index (χ3n) is 3.64. The van der Waals surface area contributed by atoms with Crippen LogP contribution >= 0.6 is 15.6 Å². The number of aromatic nitrogens is 4. The van der Waals surface area contributed by atoms with Crippen molar-refractivity contribution in [2.75, 3.05) is 12.3 Å². The maximum absolute atomic E-state index is 11.2. The number of anilines is 1. The summed E-state index contributed by atoms with van der Waals surface area (Å²) in [7, 11) is -9.98. The Morgan fingerprint density at radius 3 is 2.52 bits per heavy atom. The van der Waals surface area contributed by atoms with Crippen molar-refractivity contribution in [2.45, 2.75) is 24.5 Å². The number of nitrogen functional groups attached to an aromatic ring is 1. The Morgan fingerprint density at radius 1 is 1.19 bits per heavy atom. The molecule has 1 aliphatic rings. The summed E-state index contributed by atoms with van der Waals surface area (Å²) in [5.74, 6) is 0.0515. The molecule has 1 unspecified atom stereocenters. The van der Waals surface area contributed by atoms with Gasteiger partial charge in [0.15, 0.2) is 17.7 Å². The highest BCUT2D eigenvalue weighted by Crippen LogP contribution is 2.45. The number of nitrogens with two attached hydrogens (primary N) is 1. The number of aliphatic hydroxyl groups is 1. The number of aliphatic hydroxyl groups excluding tert-OH is 1. The van der Waals surface area contributed by atoms with E-state index in [2.05, 4.69) is 24.0 Å². The van der Waals surface area contributed by atoms with Crippen LogP contribution in [0.4, 0.5) is 5.82 Å². The van der Waals surface area contributed by atoms with Crippen LogP contribution in [0.15, 0.2) is 12.7 Å². The van der Waals surface area contributed by atoms with Crippen molar-refractivity contribution in [3.63, 3.8) is 0 Å². The molecule has 0 aromatic carbocycles. The van der Waals surface area contributed by atoms with Crippen LogP contribution in [0.2, 0.25) is 0 Å². The molecule has 0 radical (unpaired) electrons. The average molecular weight is 427 g/mol. The second-order valence-corrected chi connectivity index (χ2v) is 7.92. The number of fused-ring (bicyclic) bond motifs is 1. The van der Waals surface area contributed by atoms with Crippen molar-refractivity contribution in [1.82, 2.24) is 19.5 Å². The van der Waals surface area contributed by atoms with Crippen molar-refractivity contribution >= 4 is 32.6 Å². The lowest BCUT2D eigenvalue weighted by molar-refractivity contribution is -0.0502. The minimum Gasteiger partial charge on any atom is -0.386 e. The van der Waals surface area contributed by atoms with Gasteiger partial charge in [-0.1, -0.05) is 0 Å². The molecule has 2 aromatic heterocycles. The minimum atomic E-state index is -5.07. The first-order valence-corrected chi connectivity index (χ1v) is 10.2. The number of imidazole rings is 1. The van der Waals surface area contributed by atoms with Gasteiger partial charge in [0.1, 0.15) is 30.2 Å². The van der Waals surface area contributed by atoms with Gasteiger partial charge in [0, 0.05) is 0 Å². The number of phosphoric acid groups is 2. The van der Waals surface area contributed by atoms with Crippen LogP contribution in [0.5, 0.6) is 0 Å². The molecule has 1 aliphatic heterocycles. The fourth-order valence-electron chi connectivity index (χ4n) is 2.60. The number of ether oxygens (including phenoxy) is 1. The van der Waals surface area contributed by atoms with Gasteiger partial charge in [0.25, 0.3) is 0 Å². The molecule has 15 nitrogen and oxygen atoms in total. The number of rotatable bonds is 6. The first-order valence-electron chi connectivity index (χ1n) is 7.17. The zero-order valence-corrected chi connectivity index (χ0v) is 15.0. The Labute approximate surface area is 150 Å². The summed E-state index contributed by atoms with van der Waals surface area (Å²) in [6, 6.07) is 0. The molecule has 7 N–H and O–H groups in total. The molecule has 2 aromatic rings. The van der Waals surface area contributed by atoms with E-state index >= 15 is 0 Å². The van der Waals surface area contributed by atoms with Gasteiger partial charge >= 0.3 is 15.6 Å². The van der Waals surface area contributed by atoms with Gasteiger partial charge < -0.3 is 35.2 Å². The van der Waals surface area contributed by atoms with Crippen LogP contribution in [0.1, 0.15) is 6.23 Å². The van der Waals surface area contributed by atoms with Crippen LogP contribution in [0, 0.1) is 0 Å². The highest BCUT2D eigenvalue weighted by molar-refractivity contribution is 7.46. The normalized spacial score (nSPS) is 26.7. The standard InChI is InChI=1S/C10H15N5O10P2/c11-8-5-9(13-2-12-8)15(3-14-5)10-6(16)7(25-27(20,21)22)4(24-10)1-23-26(17,18)19/h2-4,6-7,10,16H,1H2,(H2,11,12,13)(H2,17,18,19)(H2,20,21,22)/t4?,6-,7-,10-/m1/s1. The number of hydrogen-bond donors (Lipinski definition) is 6. The zero-order valence-electron chi connectivity index (χ0n) is 13.2. The van der Waals surface area contributed by atoms with Crippen LogP contribution in [0.25, 0.3) is 11.2 Å². The maximum atomic E-state index is 11.2. The van der Waals surface area contributed by atoms with Gasteiger partial charge in [0.05, 0.1) is 12.9 Å². The van der Waals surface area contributed by atoms with Gasteiger partial charge in [-0.3, -0.25) is 13.6 Å². The van der Waals surface area contributed by atoms with Crippen molar-refractivity contribution in [3.05, 3.63) is 12.7 Å². The molecule has 1 saturated heterocycles. The highest BCUT2D eigenvalue weighted by atomic mass is 31.2. The summed E-state index contributed by atoms with van der Waals surface area (Å²) < 4.78 is 37.6. The van der Waals surface area contributed by atoms with E-state index in [9.17, 15) is 14.2 Å². The smallest absolute Gasteiger partial charge is 0.386 e. The molecular formula is C10H15N5O10P2. The lowest BCUT2D eigenvalue weighted by atomic mass is 10.1.